The van der Waals surface area contributed by atoms with Crippen LogP contribution in [-0.2, 0) is 0 Å². The molecule has 0 fully saturated rings. The lowest BCUT2D eigenvalue weighted by molar-refractivity contribution is 0.0998. The number of carbonyl (C=O) groups excluding carboxylic acids is 1. The van der Waals surface area contributed by atoms with Gasteiger partial charge in [-0.3, -0.25) is 4.79 Å². The van der Waals surface area contributed by atoms with Crippen molar-refractivity contribution in [3.05, 3.63) is 88.0 Å². The van der Waals surface area contributed by atoms with Gasteiger partial charge in [-0.25, -0.2) is 9.67 Å². The average molecular weight is 344 g/mol. The van der Waals surface area contributed by atoms with Crippen molar-refractivity contribution in [3.8, 4) is 5.69 Å². The number of benzene rings is 2. The van der Waals surface area contributed by atoms with E-state index in [-0.39, 0.29) is 15.6 Å². The summed E-state index contributed by atoms with van der Waals surface area (Å²) >= 11 is 12.0. The van der Waals surface area contributed by atoms with Gasteiger partial charge in [-0.2, -0.15) is 5.10 Å². The van der Waals surface area contributed by atoms with Gasteiger partial charge in [0.2, 0.25) is 0 Å². The zero-order valence-electron chi connectivity index (χ0n) is 11.9. The normalized spacial score (nSPS) is 11.5. The highest BCUT2D eigenvalue weighted by molar-refractivity contribution is 6.39. The topological polar surface area (TPSA) is 47.2 Å². The molecule has 1 aromatic heterocycles. The van der Waals surface area contributed by atoms with E-state index in [0.717, 1.165) is 5.69 Å². The lowest BCUT2D eigenvalue weighted by Crippen LogP contribution is -2.11. The highest BCUT2D eigenvalue weighted by Crippen LogP contribution is 2.24. The Kier molecular flexibility index (Phi) is 4.55. The van der Waals surface area contributed by atoms with Crippen LogP contribution in [0.5, 0.6) is 0 Å². The molecule has 0 aliphatic heterocycles. The molecule has 4 nitrogen and oxygen atoms in total. The molecule has 0 aliphatic rings. The maximum Gasteiger partial charge on any atom is 0.280 e. The Morgan fingerprint density at radius 1 is 0.957 bits per heavy atom. The van der Waals surface area contributed by atoms with Crippen molar-refractivity contribution in [1.82, 2.24) is 9.78 Å². The highest BCUT2D eigenvalue weighted by atomic mass is 35.5. The van der Waals surface area contributed by atoms with Crippen LogP contribution in [0.1, 0.15) is 10.4 Å². The molecule has 1 heterocycles. The first kappa shape index (κ1) is 15.5. The SMILES string of the molecule is O=C(/N=c1\ccn(-c2ccccc2)nc1)c1c(Cl)cccc1Cl. The van der Waals surface area contributed by atoms with Gasteiger partial charge < -0.3 is 0 Å². The number of para-hydroxylation sites is 1. The molecule has 0 radical (unpaired) electrons. The van der Waals surface area contributed by atoms with Crippen LogP contribution in [0.25, 0.3) is 5.69 Å². The Bertz CT molecular complexity index is 880. The van der Waals surface area contributed by atoms with Gasteiger partial charge >= 0.3 is 0 Å². The number of amides is 1. The molecule has 114 valence electrons. The number of hydrogen-bond acceptors (Lipinski definition) is 2. The molecule has 0 saturated heterocycles. The van der Waals surface area contributed by atoms with E-state index >= 15 is 0 Å². The van der Waals surface area contributed by atoms with E-state index in [1.165, 1.54) is 6.20 Å². The van der Waals surface area contributed by atoms with Crippen molar-refractivity contribution in [2.45, 2.75) is 0 Å². The summed E-state index contributed by atoms with van der Waals surface area (Å²) < 4.78 is 1.69. The standard InChI is InChI=1S/C17H11Cl2N3O/c18-14-7-4-8-15(19)16(14)17(23)21-12-9-10-22(20-11-12)13-5-2-1-3-6-13/h1-11H/b21-12+. The molecular formula is C17H11Cl2N3O. The molecule has 3 rings (SSSR count). The number of nitrogens with zero attached hydrogens (tertiary/aromatic N) is 3. The summed E-state index contributed by atoms with van der Waals surface area (Å²) in [6.07, 6.45) is 3.24. The first-order valence-corrected chi connectivity index (χ1v) is 7.54. The number of carbonyl (C=O) groups is 1. The summed E-state index contributed by atoms with van der Waals surface area (Å²) in [5.74, 6) is -0.500. The van der Waals surface area contributed by atoms with Crippen LogP contribution in [0.15, 0.2) is 72.0 Å². The molecule has 0 bridgehead atoms. The van der Waals surface area contributed by atoms with Gasteiger partial charge in [-0.1, -0.05) is 47.5 Å². The minimum Gasteiger partial charge on any atom is -0.267 e. The molecule has 0 unspecified atom stereocenters. The minimum atomic E-state index is -0.500. The van der Waals surface area contributed by atoms with Gasteiger partial charge in [-0.15, -0.1) is 0 Å². The molecule has 3 aromatic rings. The quantitative estimate of drug-likeness (QED) is 0.707. The second kappa shape index (κ2) is 6.77. The second-order valence-corrected chi connectivity index (χ2v) is 5.49. The van der Waals surface area contributed by atoms with E-state index < -0.39 is 5.91 Å². The predicted octanol–water partition coefficient (Wildman–Crippen LogP) is 3.92. The third-order valence-corrected chi connectivity index (χ3v) is 3.76. The number of aromatic nitrogens is 2. The van der Waals surface area contributed by atoms with Gasteiger partial charge in [0.1, 0.15) is 0 Å². The van der Waals surface area contributed by atoms with Crippen molar-refractivity contribution in [3.63, 3.8) is 0 Å². The molecular weight excluding hydrogens is 333 g/mol. The fourth-order valence-electron chi connectivity index (χ4n) is 2.02. The smallest absolute Gasteiger partial charge is 0.267 e. The third-order valence-electron chi connectivity index (χ3n) is 3.13. The van der Waals surface area contributed by atoms with Crippen LogP contribution in [0.3, 0.4) is 0 Å². The van der Waals surface area contributed by atoms with Gasteiger partial charge in [0.15, 0.2) is 0 Å². The predicted molar refractivity (Wildman–Crippen MR) is 89.9 cm³/mol. The molecule has 0 aliphatic carbocycles. The van der Waals surface area contributed by atoms with E-state index in [0.29, 0.717) is 5.36 Å². The summed E-state index contributed by atoms with van der Waals surface area (Å²) in [5.41, 5.74) is 1.11. The molecule has 0 spiro atoms. The maximum absolute atomic E-state index is 12.2. The first-order valence-electron chi connectivity index (χ1n) is 6.78. The van der Waals surface area contributed by atoms with Crippen LogP contribution in [0.4, 0.5) is 0 Å². The van der Waals surface area contributed by atoms with E-state index in [4.69, 9.17) is 23.2 Å². The van der Waals surface area contributed by atoms with Crippen molar-refractivity contribution in [2.75, 3.05) is 0 Å². The van der Waals surface area contributed by atoms with Gasteiger partial charge in [-0.05, 0) is 30.3 Å². The Morgan fingerprint density at radius 3 is 2.26 bits per heavy atom. The zero-order chi connectivity index (χ0) is 16.2. The van der Waals surface area contributed by atoms with Crippen molar-refractivity contribution >= 4 is 29.1 Å². The Labute approximate surface area is 142 Å². The summed E-state index contributed by atoms with van der Waals surface area (Å²) in [6.45, 7) is 0. The fourth-order valence-corrected chi connectivity index (χ4v) is 2.58. The summed E-state index contributed by atoms with van der Waals surface area (Å²) in [6, 6.07) is 16.2. The Balaban J connectivity index is 1.93. The van der Waals surface area contributed by atoms with Crippen molar-refractivity contribution in [2.24, 2.45) is 4.99 Å². The monoisotopic (exact) mass is 343 g/mol. The molecule has 0 N–H and O–H groups in total. The van der Waals surface area contributed by atoms with Gasteiger partial charge in [0.05, 0.1) is 32.9 Å². The van der Waals surface area contributed by atoms with E-state index in [2.05, 4.69) is 10.1 Å². The summed E-state index contributed by atoms with van der Waals surface area (Å²) in [4.78, 5) is 16.2. The summed E-state index contributed by atoms with van der Waals surface area (Å²) in [5, 5.41) is 5.22. The van der Waals surface area contributed by atoms with Crippen LogP contribution in [-0.4, -0.2) is 15.7 Å². The van der Waals surface area contributed by atoms with Crippen LogP contribution in [0.2, 0.25) is 10.0 Å². The average Bonchev–Trinajstić information content (AvgIpc) is 2.56. The highest BCUT2D eigenvalue weighted by Gasteiger charge is 2.13. The van der Waals surface area contributed by atoms with Crippen molar-refractivity contribution < 1.29 is 4.79 Å². The van der Waals surface area contributed by atoms with Gasteiger partial charge in [0.25, 0.3) is 5.91 Å². The maximum atomic E-state index is 12.2. The fraction of sp³-hybridized carbons (Fsp3) is 0. The Hall–Kier alpha value is -2.43. The largest absolute Gasteiger partial charge is 0.280 e. The lowest BCUT2D eigenvalue weighted by Gasteiger charge is -2.04. The number of hydrogen-bond donors (Lipinski definition) is 0. The molecule has 0 saturated carbocycles. The Morgan fingerprint density at radius 2 is 1.65 bits per heavy atom. The van der Waals surface area contributed by atoms with Crippen LogP contribution < -0.4 is 5.36 Å². The van der Waals surface area contributed by atoms with Gasteiger partial charge in [0, 0.05) is 6.20 Å². The van der Waals surface area contributed by atoms with E-state index in [1.54, 1.807) is 35.1 Å². The minimum absolute atomic E-state index is 0.190. The molecule has 1 amide bonds. The molecule has 23 heavy (non-hydrogen) atoms. The number of rotatable bonds is 2. The molecule has 2 aromatic carbocycles. The molecule has 0 atom stereocenters. The van der Waals surface area contributed by atoms with E-state index in [1.807, 2.05) is 30.3 Å². The van der Waals surface area contributed by atoms with Crippen LogP contribution in [0, 0.1) is 0 Å². The molecule has 6 heteroatoms. The number of halogens is 2. The second-order valence-electron chi connectivity index (χ2n) is 4.68. The van der Waals surface area contributed by atoms with E-state index in [9.17, 15) is 4.79 Å². The first-order chi connectivity index (χ1) is 11.1. The van der Waals surface area contributed by atoms with Crippen LogP contribution >= 0.6 is 23.2 Å². The zero-order valence-corrected chi connectivity index (χ0v) is 13.4. The third kappa shape index (κ3) is 3.50. The summed E-state index contributed by atoms with van der Waals surface area (Å²) in [7, 11) is 0. The lowest BCUT2D eigenvalue weighted by atomic mass is 10.2. The van der Waals surface area contributed by atoms with Crippen molar-refractivity contribution in [1.29, 1.82) is 0 Å².